The fraction of sp³-hybridized carbons (Fsp3) is 0.417. The van der Waals surface area contributed by atoms with Crippen molar-refractivity contribution in [3.8, 4) is 5.75 Å². The number of para-hydroxylation sites is 1. The molecule has 1 aromatic rings. The molecule has 1 amide bonds. The Morgan fingerprint density at radius 2 is 2.25 bits per heavy atom. The van der Waals surface area contributed by atoms with Crippen LogP contribution in [0.3, 0.4) is 0 Å². The van der Waals surface area contributed by atoms with E-state index in [1.165, 1.54) is 0 Å². The maximum absolute atomic E-state index is 11.6. The first kappa shape index (κ1) is 11.0. The lowest BCUT2D eigenvalue weighted by Gasteiger charge is -2.15. The van der Waals surface area contributed by atoms with Crippen LogP contribution < -0.4 is 4.74 Å². The molecule has 1 fully saturated rings. The van der Waals surface area contributed by atoms with E-state index in [-0.39, 0.29) is 12.5 Å². The van der Waals surface area contributed by atoms with Crippen LogP contribution in [-0.2, 0) is 11.4 Å². The lowest BCUT2D eigenvalue weighted by Crippen LogP contribution is -2.29. The Balaban J connectivity index is 2.12. The second kappa shape index (κ2) is 4.53. The summed E-state index contributed by atoms with van der Waals surface area (Å²) in [5.74, 6) is 0.603. The van der Waals surface area contributed by atoms with Crippen molar-refractivity contribution in [1.29, 1.82) is 0 Å². The molecule has 0 radical (unpaired) electrons. The van der Waals surface area contributed by atoms with Gasteiger partial charge in [-0.1, -0.05) is 18.2 Å². The fourth-order valence-electron chi connectivity index (χ4n) is 1.80. The van der Waals surface area contributed by atoms with Gasteiger partial charge in [0.05, 0.1) is 6.61 Å². The van der Waals surface area contributed by atoms with Gasteiger partial charge in [0.1, 0.15) is 5.75 Å². The van der Waals surface area contributed by atoms with Crippen molar-refractivity contribution in [3.05, 3.63) is 29.8 Å². The summed E-state index contributed by atoms with van der Waals surface area (Å²) in [4.78, 5) is 13.3. The normalized spacial score (nSPS) is 20.2. The maximum Gasteiger partial charge on any atom is 0.263 e. The van der Waals surface area contributed by atoms with Gasteiger partial charge in [0, 0.05) is 25.6 Å². The molecule has 0 saturated carbocycles. The molecule has 4 heteroatoms. The number of ether oxygens (including phenoxy) is 1. The van der Waals surface area contributed by atoms with Gasteiger partial charge in [-0.15, -0.1) is 0 Å². The molecule has 1 atom stereocenters. The van der Waals surface area contributed by atoms with Crippen molar-refractivity contribution in [2.75, 3.05) is 13.6 Å². The molecule has 1 unspecified atom stereocenters. The lowest BCUT2D eigenvalue weighted by atomic mass is 10.2. The molecule has 0 spiro atoms. The van der Waals surface area contributed by atoms with Crippen LogP contribution in [0, 0.1) is 0 Å². The van der Waals surface area contributed by atoms with Crippen molar-refractivity contribution in [2.24, 2.45) is 0 Å². The van der Waals surface area contributed by atoms with Crippen molar-refractivity contribution in [1.82, 2.24) is 4.90 Å². The van der Waals surface area contributed by atoms with Crippen LogP contribution in [0.2, 0.25) is 0 Å². The highest BCUT2D eigenvalue weighted by atomic mass is 16.5. The Hall–Kier alpha value is -1.55. The minimum absolute atomic E-state index is 0.00717. The maximum atomic E-state index is 11.6. The summed E-state index contributed by atoms with van der Waals surface area (Å²) in [6, 6.07) is 7.23. The topological polar surface area (TPSA) is 49.8 Å². The SMILES string of the molecule is CN1CCC(Oc2ccccc2CO)C1=O. The number of amides is 1. The Morgan fingerprint density at radius 3 is 2.88 bits per heavy atom. The Morgan fingerprint density at radius 1 is 1.50 bits per heavy atom. The summed E-state index contributed by atoms with van der Waals surface area (Å²) < 4.78 is 5.63. The number of likely N-dealkylation sites (N-methyl/N-ethyl adjacent to an activating group) is 1. The molecule has 1 N–H and O–H groups in total. The fourth-order valence-corrected chi connectivity index (χ4v) is 1.80. The molecule has 1 aromatic carbocycles. The standard InChI is InChI=1S/C12H15NO3/c1-13-7-6-11(12(13)15)16-10-5-3-2-4-9(10)8-14/h2-5,11,14H,6-8H2,1H3. The number of rotatable bonds is 3. The van der Waals surface area contributed by atoms with E-state index in [1.807, 2.05) is 12.1 Å². The monoisotopic (exact) mass is 221 g/mol. The summed E-state index contributed by atoms with van der Waals surface area (Å²) in [5.41, 5.74) is 0.713. The molecule has 16 heavy (non-hydrogen) atoms. The van der Waals surface area contributed by atoms with Gasteiger partial charge >= 0.3 is 0 Å². The van der Waals surface area contributed by atoms with E-state index in [1.54, 1.807) is 24.1 Å². The van der Waals surface area contributed by atoms with Gasteiger partial charge < -0.3 is 14.7 Å². The number of carbonyl (C=O) groups excluding carboxylic acids is 1. The number of aliphatic hydroxyl groups is 1. The highest BCUT2D eigenvalue weighted by molar-refractivity contribution is 5.83. The molecule has 1 aliphatic rings. The second-order valence-electron chi connectivity index (χ2n) is 3.92. The minimum atomic E-state index is -0.405. The predicted octanol–water partition coefficient (Wildman–Crippen LogP) is 0.788. The molecule has 1 aliphatic heterocycles. The van der Waals surface area contributed by atoms with Crippen LogP contribution >= 0.6 is 0 Å². The van der Waals surface area contributed by atoms with E-state index in [0.717, 1.165) is 6.54 Å². The summed E-state index contributed by atoms with van der Waals surface area (Å²) in [5, 5.41) is 9.13. The average Bonchev–Trinajstić information content (AvgIpc) is 2.62. The largest absolute Gasteiger partial charge is 0.480 e. The number of benzene rings is 1. The van der Waals surface area contributed by atoms with Crippen LogP contribution in [0.4, 0.5) is 0 Å². The number of hydrogen-bond donors (Lipinski definition) is 1. The molecule has 2 rings (SSSR count). The number of nitrogens with zero attached hydrogens (tertiary/aromatic N) is 1. The van der Waals surface area contributed by atoms with Crippen LogP contribution in [0.1, 0.15) is 12.0 Å². The lowest BCUT2D eigenvalue weighted by molar-refractivity contribution is -0.132. The summed E-state index contributed by atoms with van der Waals surface area (Å²) >= 11 is 0. The molecule has 1 heterocycles. The second-order valence-corrected chi connectivity index (χ2v) is 3.92. The minimum Gasteiger partial charge on any atom is -0.480 e. The first-order valence-corrected chi connectivity index (χ1v) is 5.33. The average molecular weight is 221 g/mol. The van der Waals surface area contributed by atoms with Crippen LogP contribution in [-0.4, -0.2) is 35.6 Å². The Kier molecular flexibility index (Phi) is 3.10. The van der Waals surface area contributed by atoms with Crippen LogP contribution in [0.5, 0.6) is 5.75 Å². The molecule has 0 bridgehead atoms. The van der Waals surface area contributed by atoms with Gasteiger partial charge in [-0.2, -0.15) is 0 Å². The molecular weight excluding hydrogens is 206 g/mol. The molecular formula is C12H15NO3. The number of carbonyl (C=O) groups is 1. The third-order valence-electron chi connectivity index (χ3n) is 2.79. The smallest absolute Gasteiger partial charge is 0.263 e. The van der Waals surface area contributed by atoms with E-state index in [4.69, 9.17) is 9.84 Å². The highest BCUT2D eigenvalue weighted by Gasteiger charge is 2.31. The van der Waals surface area contributed by atoms with Gasteiger partial charge in [0.2, 0.25) is 0 Å². The van der Waals surface area contributed by atoms with Crippen molar-refractivity contribution >= 4 is 5.91 Å². The number of aliphatic hydroxyl groups excluding tert-OH is 1. The van der Waals surface area contributed by atoms with Gasteiger partial charge in [0.25, 0.3) is 5.91 Å². The van der Waals surface area contributed by atoms with E-state index in [0.29, 0.717) is 17.7 Å². The van der Waals surface area contributed by atoms with Crippen molar-refractivity contribution in [2.45, 2.75) is 19.1 Å². The van der Waals surface area contributed by atoms with Crippen LogP contribution in [0.15, 0.2) is 24.3 Å². The van der Waals surface area contributed by atoms with Gasteiger partial charge in [0.15, 0.2) is 6.10 Å². The van der Waals surface area contributed by atoms with E-state index in [2.05, 4.69) is 0 Å². The van der Waals surface area contributed by atoms with E-state index < -0.39 is 6.10 Å². The van der Waals surface area contributed by atoms with E-state index >= 15 is 0 Å². The first-order chi connectivity index (χ1) is 7.72. The van der Waals surface area contributed by atoms with Crippen molar-refractivity contribution < 1.29 is 14.6 Å². The third kappa shape index (κ3) is 2.02. The third-order valence-corrected chi connectivity index (χ3v) is 2.79. The number of likely N-dealkylation sites (tertiary alicyclic amines) is 1. The summed E-state index contributed by atoms with van der Waals surface area (Å²) in [6.45, 7) is 0.651. The summed E-state index contributed by atoms with van der Waals surface area (Å²) in [6.07, 6.45) is 0.299. The number of hydrogen-bond acceptors (Lipinski definition) is 3. The first-order valence-electron chi connectivity index (χ1n) is 5.33. The van der Waals surface area contributed by atoms with Gasteiger partial charge in [-0.3, -0.25) is 4.79 Å². The Bertz CT molecular complexity index is 392. The molecule has 1 saturated heterocycles. The summed E-state index contributed by atoms with van der Waals surface area (Å²) in [7, 11) is 1.77. The predicted molar refractivity (Wildman–Crippen MR) is 59.0 cm³/mol. The zero-order valence-corrected chi connectivity index (χ0v) is 9.22. The molecule has 4 nitrogen and oxygen atoms in total. The zero-order chi connectivity index (χ0) is 11.5. The Labute approximate surface area is 94.4 Å². The van der Waals surface area contributed by atoms with Crippen LogP contribution in [0.25, 0.3) is 0 Å². The molecule has 86 valence electrons. The van der Waals surface area contributed by atoms with Crippen molar-refractivity contribution in [3.63, 3.8) is 0 Å². The zero-order valence-electron chi connectivity index (χ0n) is 9.22. The van der Waals surface area contributed by atoms with E-state index in [9.17, 15) is 4.79 Å². The van der Waals surface area contributed by atoms with Gasteiger partial charge in [-0.05, 0) is 6.07 Å². The highest BCUT2D eigenvalue weighted by Crippen LogP contribution is 2.22. The molecule has 0 aromatic heterocycles. The quantitative estimate of drug-likeness (QED) is 0.821. The van der Waals surface area contributed by atoms with Gasteiger partial charge in [-0.25, -0.2) is 0 Å². The molecule has 0 aliphatic carbocycles.